The zero-order valence-corrected chi connectivity index (χ0v) is 17.0. The van der Waals surface area contributed by atoms with Crippen LogP contribution in [0.4, 0.5) is 11.4 Å². The predicted molar refractivity (Wildman–Crippen MR) is 124 cm³/mol. The van der Waals surface area contributed by atoms with E-state index in [1.54, 1.807) is 24.4 Å². The van der Waals surface area contributed by atoms with Crippen molar-refractivity contribution in [2.24, 2.45) is 0 Å². The van der Waals surface area contributed by atoms with Crippen LogP contribution in [0.3, 0.4) is 0 Å². The van der Waals surface area contributed by atoms with Crippen LogP contribution in [0.25, 0.3) is 22.4 Å². The predicted octanol–water partition coefficient (Wildman–Crippen LogP) is 6.73. The number of carbonyl (C=O) groups is 1. The molecular weight excluding hydrogens is 384 g/mol. The van der Waals surface area contributed by atoms with Crippen LogP contribution in [0, 0.1) is 0 Å². The SMILES string of the molecule is O=C(O)c1ccccc1Nc1cnc(-c2ccccc2)c(-c2ccc(C3CC3)cc2)c1. The minimum atomic E-state index is -0.965. The van der Waals surface area contributed by atoms with Gasteiger partial charge in [-0.15, -0.1) is 0 Å². The van der Waals surface area contributed by atoms with Gasteiger partial charge in [0.05, 0.1) is 28.8 Å². The summed E-state index contributed by atoms with van der Waals surface area (Å²) in [5, 5.41) is 12.7. The minimum Gasteiger partial charge on any atom is -0.478 e. The minimum absolute atomic E-state index is 0.227. The molecule has 1 aliphatic rings. The zero-order chi connectivity index (χ0) is 21.2. The highest BCUT2D eigenvalue weighted by Gasteiger charge is 2.23. The number of aromatic nitrogens is 1. The molecule has 1 aliphatic carbocycles. The summed E-state index contributed by atoms with van der Waals surface area (Å²) in [5.74, 6) is -0.255. The van der Waals surface area contributed by atoms with E-state index in [-0.39, 0.29) is 5.56 Å². The van der Waals surface area contributed by atoms with Gasteiger partial charge in [-0.3, -0.25) is 4.98 Å². The Morgan fingerprint density at radius 3 is 2.29 bits per heavy atom. The number of nitrogens with zero attached hydrogens (tertiary/aromatic N) is 1. The quantitative estimate of drug-likeness (QED) is 0.372. The number of nitrogens with one attached hydrogen (secondary N) is 1. The molecule has 0 atom stereocenters. The summed E-state index contributed by atoms with van der Waals surface area (Å²) in [4.78, 5) is 16.3. The van der Waals surface area contributed by atoms with Gasteiger partial charge in [-0.2, -0.15) is 0 Å². The molecule has 5 rings (SSSR count). The molecule has 4 nitrogen and oxygen atoms in total. The highest BCUT2D eigenvalue weighted by molar-refractivity contribution is 5.95. The van der Waals surface area contributed by atoms with Crippen LogP contribution in [-0.4, -0.2) is 16.1 Å². The number of carboxylic acid groups (broad SMARTS) is 1. The lowest BCUT2D eigenvalue weighted by Gasteiger charge is -2.14. The number of hydrogen-bond acceptors (Lipinski definition) is 3. The summed E-state index contributed by atoms with van der Waals surface area (Å²) in [7, 11) is 0. The van der Waals surface area contributed by atoms with Gasteiger partial charge in [0.2, 0.25) is 0 Å². The monoisotopic (exact) mass is 406 g/mol. The molecule has 0 amide bonds. The van der Waals surface area contributed by atoms with Crippen molar-refractivity contribution >= 4 is 17.3 Å². The number of anilines is 2. The number of rotatable bonds is 6. The second-order valence-electron chi connectivity index (χ2n) is 7.86. The summed E-state index contributed by atoms with van der Waals surface area (Å²) in [6, 6.07) is 27.8. The lowest BCUT2D eigenvalue weighted by atomic mass is 9.97. The first kappa shape index (κ1) is 19.1. The van der Waals surface area contributed by atoms with Crippen molar-refractivity contribution in [2.75, 3.05) is 5.32 Å². The summed E-state index contributed by atoms with van der Waals surface area (Å²) in [6.07, 6.45) is 4.31. The Morgan fingerprint density at radius 2 is 1.58 bits per heavy atom. The Kier molecular flexibility index (Phi) is 4.97. The molecule has 31 heavy (non-hydrogen) atoms. The Hall–Kier alpha value is -3.92. The second kappa shape index (κ2) is 8.07. The normalized spacial score (nSPS) is 13.0. The third-order valence-corrected chi connectivity index (χ3v) is 5.64. The highest BCUT2D eigenvalue weighted by Crippen LogP contribution is 2.41. The van der Waals surface area contributed by atoms with E-state index in [9.17, 15) is 9.90 Å². The molecule has 0 unspecified atom stereocenters. The Morgan fingerprint density at radius 1 is 0.871 bits per heavy atom. The molecule has 1 saturated carbocycles. The van der Waals surface area contributed by atoms with Gasteiger partial charge in [0, 0.05) is 11.1 Å². The number of benzene rings is 3. The molecule has 0 saturated heterocycles. The van der Waals surface area contributed by atoms with Gasteiger partial charge in [0.15, 0.2) is 0 Å². The Balaban J connectivity index is 1.57. The van der Waals surface area contributed by atoms with Crippen LogP contribution in [0.1, 0.15) is 34.7 Å². The van der Waals surface area contributed by atoms with Crippen LogP contribution >= 0.6 is 0 Å². The lowest BCUT2D eigenvalue weighted by molar-refractivity contribution is 0.0698. The molecule has 1 fully saturated rings. The number of hydrogen-bond donors (Lipinski definition) is 2. The maximum Gasteiger partial charge on any atom is 0.337 e. The van der Waals surface area contributed by atoms with E-state index in [4.69, 9.17) is 4.98 Å². The molecule has 1 aromatic heterocycles. The Labute approximate surface area is 181 Å². The van der Waals surface area contributed by atoms with Crippen LogP contribution in [0.15, 0.2) is 91.1 Å². The smallest absolute Gasteiger partial charge is 0.337 e. The molecular formula is C27H22N2O2. The van der Waals surface area contributed by atoms with Gasteiger partial charge >= 0.3 is 5.97 Å². The molecule has 0 spiro atoms. The molecule has 3 aromatic carbocycles. The summed E-state index contributed by atoms with van der Waals surface area (Å²) >= 11 is 0. The lowest BCUT2D eigenvalue weighted by Crippen LogP contribution is -2.03. The zero-order valence-electron chi connectivity index (χ0n) is 17.0. The number of para-hydroxylation sites is 1. The fourth-order valence-corrected chi connectivity index (χ4v) is 3.86. The third kappa shape index (κ3) is 4.05. The van der Waals surface area contributed by atoms with Crippen molar-refractivity contribution < 1.29 is 9.90 Å². The average Bonchev–Trinajstić information content (AvgIpc) is 3.66. The third-order valence-electron chi connectivity index (χ3n) is 5.64. The van der Waals surface area contributed by atoms with Crippen LogP contribution in [0.5, 0.6) is 0 Å². The van der Waals surface area contributed by atoms with Crippen molar-refractivity contribution in [3.05, 3.63) is 102 Å². The van der Waals surface area contributed by atoms with E-state index >= 15 is 0 Å². The Bertz CT molecular complexity index is 1230. The first-order chi connectivity index (χ1) is 15.2. The van der Waals surface area contributed by atoms with Gasteiger partial charge in [0.25, 0.3) is 0 Å². The van der Waals surface area contributed by atoms with Gasteiger partial charge < -0.3 is 10.4 Å². The summed E-state index contributed by atoms with van der Waals surface area (Å²) in [5.41, 5.74) is 6.94. The van der Waals surface area contributed by atoms with Gasteiger partial charge in [0.1, 0.15) is 0 Å². The van der Waals surface area contributed by atoms with E-state index in [1.165, 1.54) is 18.4 Å². The molecule has 0 bridgehead atoms. The van der Waals surface area contributed by atoms with Crippen LogP contribution < -0.4 is 5.32 Å². The van der Waals surface area contributed by atoms with E-state index in [1.807, 2.05) is 30.3 Å². The van der Waals surface area contributed by atoms with Crippen molar-refractivity contribution in [1.29, 1.82) is 0 Å². The van der Waals surface area contributed by atoms with Crippen molar-refractivity contribution in [3.8, 4) is 22.4 Å². The maximum atomic E-state index is 11.6. The van der Waals surface area contributed by atoms with Crippen molar-refractivity contribution in [3.63, 3.8) is 0 Å². The molecule has 152 valence electrons. The number of carboxylic acids is 1. The molecule has 1 heterocycles. The number of pyridine rings is 1. The molecule has 0 radical (unpaired) electrons. The van der Waals surface area contributed by atoms with Gasteiger partial charge in [-0.25, -0.2) is 4.79 Å². The molecule has 4 aromatic rings. The van der Waals surface area contributed by atoms with Crippen LogP contribution in [0.2, 0.25) is 0 Å². The number of aromatic carboxylic acids is 1. The van der Waals surface area contributed by atoms with Crippen molar-refractivity contribution in [1.82, 2.24) is 4.98 Å². The average molecular weight is 406 g/mol. The van der Waals surface area contributed by atoms with E-state index < -0.39 is 5.97 Å². The first-order valence-corrected chi connectivity index (χ1v) is 10.4. The molecule has 2 N–H and O–H groups in total. The highest BCUT2D eigenvalue weighted by atomic mass is 16.4. The molecule has 0 aliphatic heterocycles. The van der Waals surface area contributed by atoms with Crippen LogP contribution in [-0.2, 0) is 0 Å². The van der Waals surface area contributed by atoms with E-state index in [0.717, 1.165) is 28.1 Å². The standard InChI is InChI=1S/C27H22N2O2/c30-27(31)23-8-4-5-9-25(23)29-22-16-24(20-14-12-19(13-15-20)18-10-11-18)26(28-17-22)21-6-2-1-3-7-21/h1-9,12-18,29H,10-11H2,(H,30,31). The largest absolute Gasteiger partial charge is 0.478 e. The summed E-state index contributed by atoms with van der Waals surface area (Å²) in [6.45, 7) is 0. The molecule has 4 heteroatoms. The van der Waals surface area contributed by atoms with Crippen molar-refractivity contribution in [2.45, 2.75) is 18.8 Å². The topological polar surface area (TPSA) is 62.2 Å². The first-order valence-electron chi connectivity index (χ1n) is 10.4. The fourth-order valence-electron chi connectivity index (χ4n) is 3.86. The van der Waals surface area contributed by atoms with E-state index in [0.29, 0.717) is 11.6 Å². The van der Waals surface area contributed by atoms with Gasteiger partial charge in [-0.05, 0) is 48.1 Å². The second-order valence-corrected chi connectivity index (χ2v) is 7.86. The van der Waals surface area contributed by atoms with E-state index in [2.05, 4.69) is 41.7 Å². The van der Waals surface area contributed by atoms with Gasteiger partial charge in [-0.1, -0.05) is 66.7 Å². The fraction of sp³-hybridized carbons (Fsp3) is 0.111. The maximum absolute atomic E-state index is 11.6. The summed E-state index contributed by atoms with van der Waals surface area (Å²) < 4.78 is 0.